The van der Waals surface area contributed by atoms with E-state index in [0.717, 1.165) is 51.4 Å². The molecule has 2 aromatic heterocycles. The van der Waals surface area contributed by atoms with Gasteiger partial charge in [0.2, 0.25) is 5.91 Å². The highest BCUT2D eigenvalue weighted by atomic mass is 19.4. The molecule has 11 heteroatoms. The molecular formula is C28H34F3N5O3. The number of hydrogen-bond donors (Lipinski definition) is 1. The van der Waals surface area contributed by atoms with Gasteiger partial charge in [0.05, 0.1) is 18.7 Å². The van der Waals surface area contributed by atoms with E-state index in [9.17, 15) is 22.8 Å². The van der Waals surface area contributed by atoms with Gasteiger partial charge in [-0.1, -0.05) is 6.07 Å². The number of nitrogens with zero attached hydrogens (tertiary/aromatic N) is 4. The average molecular weight is 546 g/mol. The van der Waals surface area contributed by atoms with Crippen molar-refractivity contribution in [2.45, 2.75) is 63.0 Å². The van der Waals surface area contributed by atoms with Crippen LogP contribution in [-0.2, 0) is 35.2 Å². The number of amides is 1. The number of fused-ring (bicyclic) bond motifs is 2. The standard InChI is InChI=1S/C28H34F3N5O3/c29-28(30,31)21-11-23-14-34(7-8-36(23)26(38)12-21)16-25(37)33-24-15-35(22-5-9-39-17-22)13-20(24)10-19-4-3-18-2-1-6-32-27(18)19/h1-2,6,11-12,19-20,22,24H,3-5,7-10,13-17H2,(H,33,37)/t19?,20-,22?,24?/m0/s1. The molecule has 210 valence electrons. The normalized spacial score (nSPS) is 27.5. The van der Waals surface area contributed by atoms with Crippen molar-refractivity contribution in [1.29, 1.82) is 0 Å². The van der Waals surface area contributed by atoms with E-state index in [1.54, 1.807) is 0 Å². The fourth-order valence-electron chi connectivity index (χ4n) is 6.85. The Morgan fingerprint density at radius 3 is 2.85 bits per heavy atom. The van der Waals surface area contributed by atoms with E-state index in [-0.39, 0.29) is 43.2 Å². The highest BCUT2D eigenvalue weighted by Crippen LogP contribution is 2.39. The minimum atomic E-state index is -4.59. The number of nitrogens with one attached hydrogen (secondary N) is 1. The topological polar surface area (TPSA) is 79.7 Å². The third kappa shape index (κ3) is 5.62. The Morgan fingerprint density at radius 1 is 1.18 bits per heavy atom. The van der Waals surface area contributed by atoms with Gasteiger partial charge in [0.25, 0.3) is 5.56 Å². The van der Waals surface area contributed by atoms with Crippen molar-refractivity contribution >= 4 is 5.91 Å². The predicted octanol–water partition coefficient (Wildman–Crippen LogP) is 2.40. The van der Waals surface area contributed by atoms with Crippen molar-refractivity contribution in [3.8, 4) is 0 Å². The second kappa shape index (κ2) is 10.7. The summed E-state index contributed by atoms with van der Waals surface area (Å²) < 4.78 is 46.7. The van der Waals surface area contributed by atoms with E-state index in [2.05, 4.69) is 21.3 Å². The first kappa shape index (κ1) is 26.5. The third-order valence-electron chi connectivity index (χ3n) is 8.83. The number of likely N-dealkylation sites (tertiary alicyclic amines) is 1. The quantitative estimate of drug-likeness (QED) is 0.601. The van der Waals surface area contributed by atoms with Crippen LogP contribution in [0.25, 0.3) is 0 Å². The summed E-state index contributed by atoms with van der Waals surface area (Å²) in [7, 11) is 0. The molecule has 0 bridgehead atoms. The molecule has 0 aromatic carbocycles. The third-order valence-corrected chi connectivity index (χ3v) is 8.83. The zero-order chi connectivity index (χ0) is 27.1. The van der Waals surface area contributed by atoms with Crippen LogP contribution in [0.5, 0.6) is 0 Å². The summed E-state index contributed by atoms with van der Waals surface area (Å²) in [5, 5.41) is 3.27. The maximum Gasteiger partial charge on any atom is 0.416 e. The lowest BCUT2D eigenvalue weighted by molar-refractivity contribution is -0.138. The molecule has 3 aliphatic heterocycles. The molecule has 0 radical (unpaired) electrons. The first-order valence-corrected chi connectivity index (χ1v) is 13.8. The van der Waals surface area contributed by atoms with Gasteiger partial charge in [0, 0.05) is 81.0 Å². The van der Waals surface area contributed by atoms with E-state index in [0.29, 0.717) is 31.2 Å². The minimum Gasteiger partial charge on any atom is -0.380 e. The number of halogens is 3. The summed E-state index contributed by atoms with van der Waals surface area (Å²) >= 11 is 0. The smallest absolute Gasteiger partial charge is 0.380 e. The van der Waals surface area contributed by atoms with Crippen LogP contribution >= 0.6 is 0 Å². The Labute approximate surface area is 225 Å². The zero-order valence-electron chi connectivity index (χ0n) is 21.8. The van der Waals surface area contributed by atoms with Crippen LogP contribution in [0.1, 0.15) is 47.7 Å². The van der Waals surface area contributed by atoms with Crippen LogP contribution in [0.3, 0.4) is 0 Å². The van der Waals surface area contributed by atoms with Gasteiger partial charge in [-0.2, -0.15) is 13.2 Å². The predicted molar refractivity (Wildman–Crippen MR) is 137 cm³/mol. The molecule has 1 aliphatic carbocycles. The summed E-state index contributed by atoms with van der Waals surface area (Å²) in [4.78, 5) is 34.4. The lowest BCUT2D eigenvalue weighted by Crippen LogP contribution is -2.48. The van der Waals surface area contributed by atoms with Crippen LogP contribution in [0.4, 0.5) is 13.2 Å². The van der Waals surface area contributed by atoms with E-state index in [1.807, 2.05) is 17.2 Å². The van der Waals surface area contributed by atoms with Crippen molar-refractivity contribution in [2.24, 2.45) is 5.92 Å². The van der Waals surface area contributed by atoms with Crippen LogP contribution in [-0.4, -0.2) is 76.7 Å². The van der Waals surface area contributed by atoms with Crippen molar-refractivity contribution in [3.63, 3.8) is 0 Å². The number of ether oxygens (including phenoxy) is 1. The van der Waals surface area contributed by atoms with E-state index < -0.39 is 17.3 Å². The van der Waals surface area contributed by atoms with Crippen molar-refractivity contribution in [2.75, 3.05) is 39.4 Å². The summed E-state index contributed by atoms with van der Waals surface area (Å²) in [6.45, 7) is 4.03. The Kier molecular flexibility index (Phi) is 7.24. The number of carbonyl (C=O) groups excluding carboxylic acids is 1. The van der Waals surface area contributed by atoms with Gasteiger partial charge in [-0.25, -0.2) is 0 Å². The number of aryl methyl sites for hydroxylation is 1. The first-order valence-electron chi connectivity index (χ1n) is 13.8. The molecular weight excluding hydrogens is 511 g/mol. The molecule has 6 rings (SSSR count). The highest BCUT2D eigenvalue weighted by Gasteiger charge is 2.40. The van der Waals surface area contributed by atoms with Gasteiger partial charge in [0.15, 0.2) is 0 Å². The van der Waals surface area contributed by atoms with Crippen molar-refractivity contribution in [3.05, 3.63) is 63.3 Å². The SMILES string of the molecule is O=C(CN1CCn2c(cc(C(F)(F)F)cc2=O)C1)NC1CN(C2CCOC2)C[C@@H]1CC1CCc2cccnc21. The summed E-state index contributed by atoms with van der Waals surface area (Å²) in [6, 6.07) is 6.16. The minimum absolute atomic E-state index is 0.0117. The molecule has 1 amide bonds. The lowest BCUT2D eigenvalue weighted by Gasteiger charge is -2.30. The summed E-state index contributed by atoms with van der Waals surface area (Å²) in [5.74, 6) is 0.523. The van der Waals surface area contributed by atoms with Gasteiger partial charge in [-0.3, -0.25) is 24.4 Å². The molecule has 2 fully saturated rings. The van der Waals surface area contributed by atoms with Gasteiger partial charge in [0.1, 0.15) is 0 Å². The van der Waals surface area contributed by atoms with Crippen molar-refractivity contribution in [1.82, 2.24) is 24.7 Å². The maximum atomic E-state index is 13.2. The molecule has 8 nitrogen and oxygen atoms in total. The van der Waals surface area contributed by atoms with Crippen LogP contribution in [0.2, 0.25) is 0 Å². The largest absolute Gasteiger partial charge is 0.416 e. The van der Waals surface area contributed by atoms with E-state index in [1.165, 1.54) is 15.8 Å². The molecule has 4 aliphatic rings. The monoisotopic (exact) mass is 545 g/mol. The number of hydrogen-bond acceptors (Lipinski definition) is 6. The number of pyridine rings is 2. The van der Waals surface area contributed by atoms with Gasteiger partial charge in [-0.15, -0.1) is 0 Å². The van der Waals surface area contributed by atoms with Crippen LogP contribution < -0.4 is 10.9 Å². The van der Waals surface area contributed by atoms with Gasteiger partial charge >= 0.3 is 6.18 Å². The molecule has 39 heavy (non-hydrogen) atoms. The van der Waals surface area contributed by atoms with E-state index >= 15 is 0 Å². The number of rotatable bonds is 6. The second-order valence-electron chi connectivity index (χ2n) is 11.4. The molecule has 0 spiro atoms. The fourth-order valence-corrected chi connectivity index (χ4v) is 6.85. The maximum absolute atomic E-state index is 13.2. The van der Waals surface area contributed by atoms with Crippen LogP contribution in [0, 0.1) is 5.92 Å². The summed E-state index contributed by atoms with van der Waals surface area (Å²) in [5.41, 5.74) is 1.19. The molecule has 4 atom stereocenters. The molecule has 2 aromatic rings. The number of alkyl halides is 3. The van der Waals surface area contributed by atoms with Gasteiger partial charge < -0.3 is 14.6 Å². The Hall–Kier alpha value is -2.76. The number of carbonyl (C=O) groups is 1. The molecule has 3 unspecified atom stereocenters. The molecule has 5 heterocycles. The lowest BCUT2D eigenvalue weighted by atomic mass is 9.89. The first-order chi connectivity index (χ1) is 18.7. The Morgan fingerprint density at radius 2 is 2.05 bits per heavy atom. The van der Waals surface area contributed by atoms with E-state index in [4.69, 9.17) is 4.74 Å². The van der Waals surface area contributed by atoms with Crippen LogP contribution in [0.15, 0.2) is 35.3 Å². The summed E-state index contributed by atoms with van der Waals surface area (Å²) in [6.07, 6.45) is 1.33. The highest BCUT2D eigenvalue weighted by molar-refractivity contribution is 5.78. The van der Waals surface area contributed by atoms with Crippen molar-refractivity contribution < 1.29 is 22.7 Å². The fraction of sp³-hybridized carbons (Fsp3) is 0.607. The molecule has 0 saturated carbocycles. The molecule has 2 saturated heterocycles. The van der Waals surface area contributed by atoms with Gasteiger partial charge in [-0.05, 0) is 49.3 Å². The average Bonchev–Trinajstić information content (AvgIpc) is 3.65. The molecule has 1 N–H and O–H groups in total. The Bertz CT molecular complexity index is 1280. The zero-order valence-corrected chi connectivity index (χ0v) is 21.8. The Balaban J connectivity index is 1.12. The number of aromatic nitrogens is 2. The second-order valence-corrected chi connectivity index (χ2v) is 11.4.